The van der Waals surface area contributed by atoms with E-state index < -0.39 is 0 Å². The molecule has 0 spiro atoms. The standard InChI is InChI=1S/C31H26.C2H6/c1-4-26-27(5-2)31(25-19-18-22-10-6-7-11-24(22)20-25)29-13-9-8-12-28(29)30(26)23-16-14-21(3)15-17-23;1-2/h4-20H,1-3H3;1-2H3/b26-4+,27-5+;. The van der Waals surface area contributed by atoms with Gasteiger partial charge in [0.2, 0.25) is 0 Å². The Hall–Kier alpha value is -3.64. The van der Waals surface area contributed by atoms with E-state index in [-0.39, 0.29) is 0 Å². The van der Waals surface area contributed by atoms with E-state index in [4.69, 9.17) is 0 Å². The minimum Gasteiger partial charge on any atom is -0.0791 e. The maximum Gasteiger partial charge on any atom is -0.00296 e. The summed E-state index contributed by atoms with van der Waals surface area (Å²) in [6.45, 7) is 10.4. The molecule has 33 heavy (non-hydrogen) atoms. The van der Waals surface area contributed by atoms with Crippen LogP contribution in [0.15, 0.2) is 91.0 Å². The van der Waals surface area contributed by atoms with Gasteiger partial charge in [-0.25, -0.2) is 0 Å². The summed E-state index contributed by atoms with van der Waals surface area (Å²) < 4.78 is 0. The van der Waals surface area contributed by atoms with Crippen molar-refractivity contribution >= 4 is 33.7 Å². The molecule has 5 aromatic rings. The lowest BCUT2D eigenvalue weighted by Crippen LogP contribution is -2.29. The highest BCUT2D eigenvalue weighted by Gasteiger charge is 2.14. The number of fused-ring (bicyclic) bond motifs is 2. The molecular weight excluding hydrogens is 396 g/mol. The molecule has 0 saturated heterocycles. The summed E-state index contributed by atoms with van der Waals surface area (Å²) in [6, 6.07) is 33.2. The third kappa shape index (κ3) is 4.10. The molecule has 0 aliphatic carbocycles. The van der Waals surface area contributed by atoms with Crippen molar-refractivity contribution in [1.82, 2.24) is 0 Å². The molecule has 0 heteroatoms. The molecule has 0 aliphatic heterocycles. The third-order valence-electron chi connectivity index (χ3n) is 6.25. The third-order valence-corrected chi connectivity index (χ3v) is 6.25. The number of hydrogen-bond acceptors (Lipinski definition) is 0. The second kappa shape index (κ2) is 9.88. The lowest BCUT2D eigenvalue weighted by atomic mass is 9.87. The molecule has 5 rings (SSSR count). The topological polar surface area (TPSA) is 0 Å². The smallest absolute Gasteiger partial charge is 0.00296 e. The van der Waals surface area contributed by atoms with Gasteiger partial charge in [-0.2, -0.15) is 0 Å². The largest absolute Gasteiger partial charge is 0.0791 e. The highest BCUT2D eigenvalue weighted by molar-refractivity contribution is 6.06. The molecule has 0 fully saturated rings. The Balaban J connectivity index is 0.00000126. The predicted molar refractivity (Wildman–Crippen MR) is 148 cm³/mol. The summed E-state index contributed by atoms with van der Waals surface area (Å²) in [4.78, 5) is 0. The fourth-order valence-electron chi connectivity index (χ4n) is 4.77. The Bertz CT molecular complexity index is 1530. The number of aryl methyl sites for hydroxylation is 1. The average molecular weight is 429 g/mol. The van der Waals surface area contributed by atoms with E-state index in [1.54, 1.807) is 0 Å². The van der Waals surface area contributed by atoms with E-state index in [2.05, 4.69) is 124 Å². The first-order valence-electron chi connectivity index (χ1n) is 11.9. The van der Waals surface area contributed by atoms with Gasteiger partial charge < -0.3 is 0 Å². The van der Waals surface area contributed by atoms with E-state index in [9.17, 15) is 0 Å². The average Bonchev–Trinajstić information content (AvgIpc) is 2.88. The molecule has 0 aromatic heterocycles. The van der Waals surface area contributed by atoms with Crippen molar-refractivity contribution in [2.45, 2.75) is 34.6 Å². The van der Waals surface area contributed by atoms with Crippen molar-refractivity contribution in [1.29, 1.82) is 0 Å². The van der Waals surface area contributed by atoms with Crippen LogP contribution in [0, 0.1) is 6.92 Å². The first-order chi connectivity index (χ1) is 16.2. The van der Waals surface area contributed by atoms with E-state index in [1.165, 1.54) is 59.8 Å². The van der Waals surface area contributed by atoms with Gasteiger partial charge in [-0.1, -0.05) is 116 Å². The SMILES string of the molecule is C/C=c1/c(-c2ccc(C)cc2)c2ccccc2c(-c2ccc3ccccc3c2)/c1=C/C.CC. The monoisotopic (exact) mass is 428 g/mol. The maximum absolute atomic E-state index is 2.33. The Morgan fingerprint density at radius 1 is 0.515 bits per heavy atom. The first kappa shape index (κ1) is 22.6. The minimum absolute atomic E-state index is 1.27. The normalized spacial score (nSPS) is 12.2. The minimum atomic E-state index is 1.27. The molecule has 0 heterocycles. The Kier molecular flexibility index (Phi) is 6.75. The van der Waals surface area contributed by atoms with Gasteiger partial charge in [-0.05, 0) is 81.1 Å². The van der Waals surface area contributed by atoms with E-state index in [0.717, 1.165) is 0 Å². The van der Waals surface area contributed by atoms with Gasteiger partial charge in [0.05, 0.1) is 0 Å². The van der Waals surface area contributed by atoms with Crippen LogP contribution in [0.2, 0.25) is 0 Å². The van der Waals surface area contributed by atoms with Gasteiger partial charge in [0.15, 0.2) is 0 Å². The van der Waals surface area contributed by atoms with Crippen LogP contribution >= 0.6 is 0 Å². The van der Waals surface area contributed by atoms with E-state index in [1.807, 2.05) is 13.8 Å². The summed E-state index contributed by atoms with van der Waals surface area (Å²) >= 11 is 0. The summed E-state index contributed by atoms with van der Waals surface area (Å²) in [5.41, 5.74) is 6.44. The molecule has 0 nitrogen and oxygen atoms in total. The van der Waals surface area contributed by atoms with Crippen molar-refractivity contribution in [2.24, 2.45) is 0 Å². The van der Waals surface area contributed by atoms with Crippen molar-refractivity contribution < 1.29 is 0 Å². The summed E-state index contributed by atoms with van der Waals surface area (Å²) in [7, 11) is 0. The molecule has 5 aromatic carbocycles. The molecule has 0 amide bonds. The zero-order valence-electron chi connectivity index (χ0n) is 20.3. The molecule has 0 saturated carbocycles. The van der Waals surface area contributed by atoms with Crippen LogP contribution in [0.25, 0.3) is 56.0 Å². The van der Waals surface area contributed by atoms with E-state index >= 15 is 0 Å². The first-order valence-corrected chi connectivity index (χ1v) is 11.9. The van der Waals surface area contributed by atoms with Crippen molar-refractivity contribution in [3.63, 3.8) is 0 Å². The Morgan fingerprint density at radius 3 is 1.58 bits per heavy atom. The Labute approximate surface area is 197 Å². The van der Waals surface area contributed by atoms with Crippen LogP contribution in [-0.4, -0.2) is 0 Å². The lowest BCUT2D eigenvalue weighted by molar-refractivity contribution is 1.45. The van der Waals surface area contributed by atoms with Gasteiger partial charge in [-0.15, -0.1) is 0 Å². The quantitative estimate of drug-likeness (QED) is 0.265. The van der Waals surface area contributed by atoms with Gasteiger partial charge in [0.25, 0.3) is 0 Å². The molecule has 0 atom stereocenters. The van der Waals surface area contributed by atoms with Gasteiger partial charge in [-0.3, -0.25) is 0 Å². The maximum atomic E-state index is 2.33. The zero-order chi connectivity index (χ0) is 23.4. The summed E-state index contributed by atoms with van der Waals surface area (Å²) in [6.07, 6.45) is 4.53. The zero-order valence-corrected chi connectivity index (χ0v) is 20.3. The molecule has 0 radical (unpaired) electrons. The van der Waals surface area contributed by atoms with Crippen molar-refractivity contribution in [3.05, 3.63) is 107 Å². The molecule has 0 bridgehead atoms. The van der Waals surface area contributed by atoms with Gasteiger partial charge in [0.1, 0.15) is 0 Å². The second-order valence-electron chi connectivity index (χ2n) is 8.13. The van der Waals surface area contributed by atoms with Crippen LogP contribution in [0.5, 0.6) is 0 Å². The van der Waals surface area contributed by atoms with Crippen LogP contribution in [0.4, 0.5) is 0 Å². The van der Waals surface area contributed by atoms with E-state index in [0.29, 0.717) is 0 Å². The predicted octanol–water partition coefficient (Wildman–Crippen LogP) is 8.26. The summed E-state index contributed by atoms with van der Waals surface area (Å²) in [5, 5.41) is 7.74. The second-order valence-corrected chi connectivity index (χ2v) is 8.13. The highest BCUT2D eigenvalue weighted by Crippen LogP contribution is 2.32. The van der Waals surface area contributed by atoms with Crippen LogP contribution in [-0.2, 0) is 0 Å². The summed E-state index contributed by atoms with van der Waals surface area (Å²) in [5.74, 6) is 0. The molecule has 164 valence electrons. The fraction of sp³-hybridized carbons (Fsp3) is 0.152. The number of benzene rings is 5. The fourth-order valence-corrected chi connectivity index (χ4v) is 4.77. The molecule has 0 aliphatic rings. The molecule has 0 unspecified atom stereocenters. The van der Waals surface area contributed by atoms with Gasteiger partial charge in [0, 0.05) is 0 Å². The lowest BCUT2D eigenvalue weighted by Gasteiger charge is -2.16. The van der Waals surface area contributed by atoms with Crippen LogP contribution in [0.1, 0.15) is 33.3 Å². The molecule has 0 N–H and O–H groups in total. The Morgan fingerprint density at radius 2 is 1.00 bits per heavy atom. The number of hydrogen-bond donors (Lipinski definition) is 0. The molecular formula is C33H32. The number of rotatable bonds is 2. The van der Waals surface area contributed by atoms with Crippen molar-refractivity contribution in [2.75, 3.05) is 0 Å². The highest BCUT2D eigenvalue weighted by atomic mass is 14.2. The van der Waals surface area contributed by atoms with Crippen molar-refractivity contribution in [3.8, 4) is 22.3 Å². The van der Waals surface area contributed by atoms with Crippen LogP contribution in [0.3, 0.4) is 0 Å². The van der Waals surface area contributed by atoms with Crippen LogP contribution < -0.4 is 10.4 Å². The van der Waals surface area contributed by atoms with Gasteiger partial charge >= 0.3 is 0 Å².